The fourth-order valence-corrected chi connectivity index (χ4v) is 5.45. The molecular weight excluding hydrogens is 478 g/mol. The zero-order valence-electron chi connectivity index (χ0n) is 19.2. The van der Waals surface area contributed by atoms with Crippen LogP contribution in [-0.4, -0.2) is 18.5 Å². The first-order valence-electron chi connectivity index (χ1n) is 11.4. The van der Waals surface area contributed by atoms with Gasteiger partial charge in [0.05, 0.1) is 23.4 Å². The van der Waals surface area contributed by atoms with E-state index in [1.54, 1.807) is 36.4 Å². The van der Waals surface area contributed by atoms with Crippen LogP contribution in [0.2, 0.25) is 0 Å². The highest BCUT2D eigenvalue weighted by molar-refractivity contribution is 6.19. The number of nitrogens with two attached hydrogens (primary N) is 1. The molecule has 3 aliphatic heterocycles. The molecule has 6 rings (SSSR count). The van der Waals surface area contributed by atoms with E-state index in [2.05, 4.69) is 6.07 Å². The minimum atomic E-state index is -1.85. The molecule has 1 atom stereocenters. The molecule has 182 valence electrons. The molecule has 1 amide bonds. The van der Waals surface area contributed by atoms with Gasteiger partial charge in [-0.2, -0.15) is 5.26 Å². The fraction of sp³-hybridized carbons (Fsp3) is 0.107. The van der Waals surface area contributed by atoms with Crippen molar-refractivity contribution < 1.29 is 23.1 Å². The van der Waals surface area contributed by atoms with Crippen LogP contribution in [0.1, 0.15) is 11.1 Å². The van der Waals surface area contributed by atoms with E-state index in [0.717, 1.165) is 0 Å². The molecule has 37 heavy (non-hydrogen) atoms. The number of hydrogen-bond donors (Lipinski definition) is 1. The van der Waals surface area contributed by atoms with Crippen LogP contribution < -0.4 is 15.5 Å². The van der Waals surface area contributed by atoms with Crippen LogP contribution >= 0.6 is 0 Å². The van der Waals surface area contributed by atoms with E-state index in [1.165, 1.54) is 46.2 Å². The molecule has 0 radical (unpaired) electrons. The van der Waals surface area contributed by atoms with Crippen molar-refractivity contribution in [2.45, 2.75) is 12.0 Å². The van der Waals surface area contributed by atoms with Crippen LogP contribution in [-0.2, 0) is 26.3 Å². The quantitative estimate of drug-likeness (QED) is 0.554. The number of para-hydroxylation sites is 1. The molecule has 0 fully saturated rings. The van der Waals surface area contributed by atoms with Gasteiger partial charge in [0.2, 0.25) is 5.91 Å². The molecular formula is C28H18F2N4O3. The summed E-state index contributed by atoms with van der Waals surface area (Å²) in [4.78, 5) is 30.6. The summed E-state index contributed by atoms with van der Waals surface area (Å²) >= 11 is 0. The topological polar surface area (TPSA) is 99.7 Å². The SMILES string of the molecule is N#CC1=C(N)N(c2ccc(F)cc2)C2=C(C(=O)OC2)[C@]12C(=O)N(Cc1cccc(F)c1)c1ccccc12. The van der Waals surface area contributed by atoms with Gasteiger partial charge in [0, 0.05) is 16.9 Å². The number of halogens is 2. The molecule has 0 saturated carbocycles. The van der Waals surface area contributed by atoms with Crippen LogP contribution in [0.4, 0.5) is 20.2 Å². The van der Waals surface area contributed by atoms with Crippen LogP contribution in [0.3, 0.4) is 0 Å². The van der Waals surface area contributed by atoms with Crippen molar-refractivity contribution in [3.8, 4) is 6.07 Å². The van der Waals surface area contributed by atoms with Crippen LogP contribution in [0.15, 0.2) is 95.5 Å². The monoisotopic (exact) mass is 496 g/mol. The number of hydrogen-bond acceptors (Lipinski definition) is 6. The molecule has 3 aromatic rings. The van der Waals surface area contributed by atoms with Crippen molar-refractivity contribution in [2.75, 3.05) is 16.4 Å². The average Bonchev–Trinajstić information content (AvgIpc) is 3.38. The first kappa shape index (κ1) is 22.5. The van der Waals surface area contributed by atoms with Crippen LogP contribution in [0.25, 0.3) is 0 Å². The normalized spacial score (nSPS) is 20.4. The molecule has 9 heteroatoms. The second-order valence-electron chi connectivity index (χ2n) is 8.87. The predicted octanol–water partition coefficient (Wildman–Crippen LogP) is 3.77. The second-order valence-corrected chi connectivity index (χ2v) is 8.87. The maximum absolute atomic E-state index is 14.4. The van der Waals surface area contributed by atoms with Crippen molar-refractivity contribution >= 4 is 23.3 Å². The summed E-state index contributed by atoms with van der Waals surface area (Å²) in [7, 11) is 0. The number of carbonyl (C=O) groups is 2. The summed E-state index contributed by atoms with van der Waals surface area (Å²) in [5.74, 6) is -2.31. The zero-order valence-corrected chi connectivity index (χ0v) is 19.2. The van der Waals surface area contributed by atoms with Gasteiger partial charge in [0.15, 0.2) is 0 Å². The van der Waals surface area contributed by atoms with Crippen molar-refractivity contribution in [1.82, 2.24) is 0 Å². The Labute approximate surface area is 210 Å². The smallest absolute Gasteiger partial charge is 0.338 e. The van der Waals surface area contributed by atoms with Crippen molar-refractivity contribution in [2.24, 2.45) is 5.73 Å². The number of nitriles is 1. The molecule has 2 N–H and O–H groups in total. The van der Waals surface area contributed by atoms with Gasteiger partial charge in [-0.1, -0.05) is 30.3 Å². The molecule has 3 aliphatic rings. The number of nitrogens with zero attached hydrogens (tertiary/aromatic N) is 3. The lowest BCUT2D eigenvalue weighted by Gasteiger charge is -2.38. The molecule has 1 spiro atoms. The Morgan fingerprint density at radius 3 is 2.49 bits per heavy atom. The highest BCUT2D eigenvalue weighted by atomic mass is 19.1. The van der Waals surface area contributed by atoms with Crippen molar-refractivity contribution in [1.29, 1.82) is 5.26 Å². The molecule has 7 nitrogen and oxygen atoms in total. The fourth-order valence-electron chi connectivity index (χ4n) is 5.45. The average molecular weight is 496 g/mol. The lowest BCUT2D eigenvalue weighted by Crippen LogP contribution is -2.50. The second kappa shape index (κ2) is 8.03. The minimum Gasteiger partial charge on any atom is -0.456 e. The minimum absolute atomic E-state index is 0.00725. The van der Waals surface area contributed by atoms with Gasteiger partial charge < -0.3 is 15.4 Å². The van der Waals surface area contributed by atoms with Crippen molar-refractivity contribution in [3.63, 3.8) is 0 Å². The standard InChI is InChI=1S/C28H18F2N4O3/c29-17-8-10-19(11-9-17)34-23-15-37-26(35)24(23)28(21(13-31)25(34)32)20-6-1-2-7-22(20)33(27(28)36)14-16-4-3-5-18(30)12-16/h1-12H,14-15,32H2/t28-/m1/s1. The molecule has 0 saturated heterocycles. The number of ether oxygens (including phenoxy) is 1. The van der Waals surface area contributed by atoms with E-state index in [9.17, 15) is 23.6 Å². The van der Waals surface area contributed by atoms with Crippen molar-refractivity contribution in [3.05, 3.63) is 118 Å². The molecule has 0 bridgehead atoms. The van der Waals surface area contributed by atoms with Gasteiger partial charge in [-0.05, 0) is 48.0 Å². The maximum atomic E-state index is 14.4. The summed E-state index contributed by atoms with van der Waals surface area (Å²) in [6, 6.07) is 20.1. The zero-order chi connectivity index (χ0) is 25.9. The number of anilines is 2. The number of rotatable bonds is 3. The Morgan fingerprint density at radius 1 is 1.00 bits per heavy atom. The molecule has 0 aromatic heterocycles. The van der Waals surface area contributed by atoms with E-state index in [4.69, 9.17) is 10.5 Å². The third-order valence-electron chi connectivity index (χ3n) is 6.94. The van der Waals surface area contributed by atoms with E-state index in [1.807, 2.05) is 0 Å². The summed E-state index contributed by atoms with van der Waals surface area (Å²) in [5, 5.41) is 10.4. The number of carbonyl (C=O) groups excluding carboxylic acids is 2. The van der Waals surface area contributed by atoms with Crippen LogP contribution in [0, 0.1) is 23.0 Å². The van der Waals surface area contributed by atoms with Gasteiger partial charge in [0.25, 0.3) is 0 Å². The Hall–Kier alpha value is -4.97. The van der Waals surface area contributed by atoms with E-state index >= 15 is 0 Å². The molecule has 3 heterocycles. The Kier molecular flexibility index (Phi) is 4.88. The Morgan fingerprint density at radius 2 is 1.76 bits per heavy atom. The van der Waals surface area contributed by atoms with E-state index < -0.39 is 28.9 Å². The lowest BCUT2D eigenvalue weighted by molar-refractivity contribution is -0.137. The first-order chi connectivity index (χ1) is 17.9. The highest BCUT2D eigenvalue weighted by Crippen LogP contribution is 2.56. The summed E-state index contributed by atoms with van der Waals surface area (Å²) in [5.41, 5.74) is 6.67. The van der Waals surface area contributed by atoms with Gasteiger partial charge in [0.1, 0.15) is 35.5 Å². The predicted molar refractivity (Wildman–Crippen MR) is 129 cm³/mol. The lowest BCUT2D eigenvalue weighted by atomic mass is 9.67. The van der Waals surface area contributed by atoms with Gasteiger partial charge >= 0.3 is 5.97 Å². The summed E-state index contributed by atoms with van der Waals surface area (Å²) < 4.78 is 33.0. The van der Waals surface area contributed by atoms with Crippen LogP contribution in [0.5, 0.6) is 0 Å². The largest absolute Gasteiger partial charge is 0.456 e. The Balaban J connectivity index is 1.61. The summed E-state index contributed by atoms with van der Waals surface area (Å²) in [6.45, 7) is -0.181. The third-order valence-corrected chi connectivity index (χ3v) is 6.94. The van der Waals surface area contributed by atoms with E-state index in [0.29, 0.717) is 28.2 Å². The maximum Gasteiger partial charge on any atom is 0.338 e. The first-order valence-corrected chi connectivity index (χ1v) is 11.4. The summed E-state index contributed by atoms with van der Waals surface area (Å²) in [6.07, 6.45) is 0. The molecule has 0 unspecified atom stereocenters. The molecule has 3 aromatic carbocycles. The van der Waals surface area contributed by atoms with Gasteiger partial charge in [-0.3, -0.25) is 9.69 Å². The van der Waals surface area contributed by atoms with Gasteiger partial charge in [-0.15, -0.1) is 0 Å². The number of esters is 1. The number of fused-ring (bicyclic) bond motifs is 3. The number of cyclic esters (lactones) is 1. The number of benzene rings is 3. The molecule has 0 aliphatic carbocycles. The number of amides is 1. The highest BCUT2D eigenvalue weighted by Gasteiger charge is 2.63. The third kappa shape index (κ3) is 3.02. The Bertz CT molecular complexity index is 1610. The van der Waals surface area contributed by atoms with E-state index in [-0.39, 0.29) is 30.1 Å². The van der Waals surface area contributed by atoms with Gasteiger partial charge in [-0.25, -0.2) is 13.6 Å².